The summed E-state index contributed by atoms with van der Waals surface area (Å²) in [6, 6.07) is 0.476. The molecule has 2 fully saturated rings. The van der Waals surface area contributed by atoms with Crippen molar-refractivity contribution in [3.63, 3.8) is 0 Å². The molecule has 0 aliphatic carbocycles. The van der Waals surface area contributed by atoms with Crippen LogP contribution in [0.3, 0.4) is 0 Å². The fourth-order valence-electron chi connectivity index (χ4n) is 3.96. The van der Waals surface area contributed by atoms with Gasteiger partial charge in [-0.3, -0.25) is 14.3 Å². The zero-order chi connectivity index (χ0) is 17.8. The highest BCUT2D eigenvalue weighted by Crippen LogP contribution is 2.24. The van der Waals surface area contributed by atoms with E-state index in [1.807, 2.05) is 11.8 Å². The summed E-state index contributed by atoms with van der Waals surface area (Å²) in [6.45, 7) is 5.78. The molecule has 0 radical (unpaired) electrons. The second-order valence-corrected chi connectivity index (χ2v) is 7.22. The number of hydrogen-bond donors (Lipinski definition) is 1. The van der Waals surface area contributed by atoms with Crippen molar-refractivity contribution in [1.82, 2.24) is 24.6 Å². The number of nitrogens with zero attached hydrogens (tertiary/aromatic N) is 5. The van der Waals surface area contributed by atoms with Gasteiger partial charge in [-0.05, 0) is 38.8 Å². The van der Waals surface area contributed by atoms with Crippen LogP contribution in [-0.4, -0.2) is 73.8 Å². The van der Waals surface area contributed by atoms with Gasteiger partial charge in [0.15, 0.2) is 0 Å². The van der Waals surface area contributed by atoms with Gasteiger partial charge in [-0.15, -0.1) is 0 Å². The van der Waals surface area contributed by atoms with Gasteiger partial charge in [-0.2, -0.15) is 5.10 Å². The van der Waals surface area contributed by atoms with Gasteiger partial charge in [0, 0.05) is 19.1 Å². The van der Waals surface area contributed by atoms with Gasteiger partial charge in [-0.1, -0.05) is 6.92 Å². The lowest BCUT2D eigenvalue weighted by Gasteiger charge is -2.41. The molecule has 1 aromatic rings. The lowest BCUT2D eigenvalue weighted by Crippen LogP contribution is -2.50. The molecule has 1 aromatic heterocycles. The van der Waals surface area contributed by atoms with Crippen LogP contribution in [0.1, 0.15) is 32.6 Å². The Morgan fingerprint density at radius 2 is 1.84 bits per heavy atom. The number of amides is 1. The second-order valence-electron chi connectivity index (χ2n) is 7.22. The number of aliphatic carboxylic acids is 1. The molecule has 1 unspecified atom stereocenters. The standard InChI is InChI=1S/C17H27N5O3/c1-13(10-22-12-18-11-19-22)16(23)21-8-4-15(5-9-21)20-6-2-14(3-7-20)17(24)25/h11-15H,2-10H2,1H3,(H,24,25). The average molecular weight is 349 g/mol. The number of carbonyl (C=O) groups is 2. The molecule has 3 heterocycles. The molecule has 8 heteroatoms. The molecule has 1 N–H and O–H groups in total. The molecule has 8 nitrogen and oxygen atoms in total. The summed E-state index contributed by atoms with van der Waals surface area (Å²) in [5, 5.41) is 13.2. The number of hydrogen-bond acceptors (Lipinski definition) is 5. The number of piperidine rings is 2. The van der Waals surface area contributed by atoms with Crippen LogP contribution in [-0.2, 0) is 16.1 Å². The molecule has 2 aliphatic heterocycles. The molecule has 0 bridgehead atoms. The van der Waals surface area contributed by atoms with E-state index in [4.69, 9.17) is 5.11 Å². The first-order valence-electron chi connectivity index (χ1n) is 9.12. The summed E-state index contributed by atoms with van der Waals surface area (Å²) < 4.78 is 1.70. The third kappa shape index (κ3) is 4.36. The molecular weight excluding hydrogens is 322 g/mol. The Labute approximate surface area is 147 Å². The van der Waals surface area contributed by atoms with Crippen molar-refractivity contribution >= 4 is 11.9 Å². The second kappa shape index (κ2) is 7.95. The highest BCUT2D eigenvalue weighted by Gasteiger charge is 2.32. The van der Waals surface area contributed by atoms with Crippen LogP contribution in [0.5, 0.6) is 0 Å². The van der Waals surface area contributed by atoms with E-state index >= 15 is 0 Å². The smallest absolute Gasteiger partial charge is 0.306 e. The minimum atomic E-state index is -0.665. The minimum Gasteiger partial charge on any atom is -0.481 e. The molecular formula is C17H27N5O3. The van der Waals surface area contributed by atoms with Crippen LogP contribution in [0.4, 0.5) is 0 Å². The number of carboxylic acids is 1. The Morgan fingerprint density at radius 1 is 1.16 bits per heavy atom. The monoisotopic (exact) mass is 349 g/mol. The number of carbonyl (C=O) groups excluding carboxylic acids is 1. The summed E-state index contributed by atoms with van der Waals surface area (Å²) in [6.07, 6.45) is 6.54. The molecule has 25 heavy (non-hydrogen) atoms. The van der Waals surface area contributed by atoms with Crippen molar-refractivity contribution in [3.05, 3.63) is 12.7 Å². The molecule has 3 rings (SSSR count). The van der Waals surface area contributed by atoms with E-state index in [0.717, 1.165) is 51.9 Å². The Bertz CT molecular complexity index is 575. The summed E-state index contributed by atoms with van der Waals surface area (Å²) in [4.78, 5) is 32.0. The van der Waals surface area contributed by atoms with E-state index in [2.05, 4.69) is 15.0 Å². The molecule has 138 valence electrons. The molecule has 2 aliphatic rings. The molecule has 0 saturated carbocycles. The zero-order valence-electron chi connectivity index (χ0n) is 14.8. The maximum Gasteiger partial charge on any atom is 0.306 e. The van der Waals surface area contributed by atoms with Crippen LogP contribution in [0, 0.1) is 11.8 Å². The van der Waals surface area contributed by atoms with Gasteiger partial charge in [-0.25, -0.2) is 4.98 Å². The third-order valence-corrected chi connectivity index (χ3v) is 5.52. The van der Waals surface area contributed by atoms with Crippen LogP contribution in [0.2, 0.25) is 0 Å². The molecule has 2 saturated heterocycles. The van der Waals surface area contributed by atoms with Crippen molar-refractivity contribution in [3.8, 4) is 0 Å². The molecule has 0 spiro atoms. The molecule has 1 amide bonds. The molecule has 1 atom stereocenters. The quantitative estimate of drug-likeness (QED) is 0.841. The first kappa shape index (κ1) is 17.8. The number of carboxylic acid groups (broad SMARTS) is 1. The predicted octanol–water partition coefficient (Wildman–Crippen LogP) is 0.702. The van der Waals surface area contributed by atoms with E-state index in [1.54, 1.807) is 11.0 Å². The Morgan fingerprint density at radius 3 is 2.40 bits per heavy atom. The van der Waals surface area contributed by atoms with Gasteiger partial charge in [0.05, 0.1) is 18.4 Å². The third-order valence-electron chi connectivity index (χ3n) is 5.52. The van der Waals surface area contributed by atoms with Gasteiger partial charge in [0.2, 0.25) is 5.91 Å². The maximum atomic E-state index is 12.6. The summed E-state index contributed by atoms with van der Waals surface area (Å²) >= 11 is 0. The average Bonchev–Trinajstić information content (AvgIpc) is 3.14. The maximum absolute atomic E-state index is 12.6. The number of aromatic nitrogens is 3. The lowest BCUT2D eigenvalue weighted by molar-refractivity contribution is -0.144. The number of likely N-dealkylation sites (tertiary alicyclic amines) is 2. The highest BCUT2D eigenvalue weighted by molar-refractivity contribution is 5.78. The largest absolute Gasteiger partial charge is 0.481 e. The Hall–Kier alpha value is -1.96. The Kier molecular flexibility index (Phi) is 5.67. The van der Waals surface area contributed by atoms with Crippen molar-refractivity contribution in [2.75, 3.05) is 26.2 Å². The topological polar surface area (TPSA) is 91.6 Å². The SMILES string of the molecule is CC(Cn1cncn1)C(=O)N1CCC(N2CCC(C(=O)O)CC2)CC1. The Balaban J connectivity index is 1.44. The van der Waals surface area contributed by atoms with Crippen molar-refractivity contribution in [2.24, 2.45) is 11.8 Å². The van der Waals surface area contributed by atoms with Gasteiger partial charge in [0.25, 0.3) is 0 Å². The van der Waals surface area contributed by atoms with Crippen molar-refractivity contribution in [1.29, 1.82) is 0 Å². The van der Waals surface area contributed by atoms with Crippen LogP contribution in [0.15, 0.2) is 12.7 Å². The van der Waals surface area contributed by atoms with Crippen molar-refractivity contribution in [2.45, 2.75) is 45.2 Å². The van der Waals surface area contributed by atoms with E-state index < -0.39 is 5.97 Å². The first-order valence-corrected chi connectivity index (χ1v) is 9.12. The molecule has 0 aromatic carbocycles. The van der Waals surface area contributed by atoms with Crippen molar-refractivity contribution < 1.29 is 14.7 Å². The van der Waals surface area contributed by atoms with Gasteiger partial charge in [0.1, 0.15) is 12.7 Å². The number of rotatable bonds is 5. The normalized spacial score (nSPS) is 22.0. The fourth-order valence-corrected chi connectivity index (χ4v) is 3.96. The van der Waals surface area contributed by atoms with E-state index in [9.17, 15) is 9.59 Å². The summed E-state index contributed by atoms with van der Waals surface area (Å²) in [5.74, 6) is -0.778. The van der Waals surface area contributed by atoms with E-state index in [-0.39, 0.29) is 17.7 Å². The minimum absolute atomic E-state index is 0.107. The van der Waals surface area contributed by atoms with E-state index in [1.165, 1.54) is 6.33 Å². The van der Waals surface area contributed by atoms with Crippen LogP contribution >= 0.6 is 0 Å². The van der Waals surface area contributed by atoms with Crippen LogP contribution in [0.25, 0.3) is 0 Å². The van der Waals surface area contributed by atoms with Gasteiger partial charge >= 0.3 is 5.97 Å². The van der Waals surface area contributed by atoms with E-state index in [0.29, 0.717) is 12.6 Å². The van der Waals surface area contributed by atoms with Gasteiger partial charge < -0.3 is 14.9 Å². The predicted molar refractivity (Wildman–Crippen MR) is 90.7 cm³/mol. The first-order chi connectivity index (χ1) is 12.0. The fraction of sp³-hybridized carbons (Fsp3) is 0.765. The zero-order valence-corrected chi connectivity index (χ0v) is 14.8. The highest BCUT2D eigenvalue weighted by atomic mass is 16.4. The lowest BCUT2D eigenvalue weighted by atomic mass is 9.93. The summed E-state index contributed by atoms with van der Waals surface area (Å²) in [5.41, 5.74) is 0. The van der Waals surface area contributed by atoms with Crippen LogP contribution < -0.4 is 0 Å². The summed E-state index contributed by atoms with van der Waals surface area (Å²) in [7, 11) is 0.